The van der Waals surface area contributed by atoms with Gasteiger partial charge in [-0.3, -0.25) is 0 Å². The Morgan fingerprint density at radius 2 is 2.38 bits per heavy atom. The maximum Gasteiger partial charge on any atom is 0.134 e. The van der Waals surface area contributed by atoms with Crippen LogP contribution in [0, 0.1) is 0 Å². The number of rotatable bonds is 5. The van der Waals surface area contributed by atoms with Gasteiger partial charge in [-0.2, -0.15) is 0 Å². The maximum atomic E-state index is 9.07. The summed E-state index contributed by atoms with van der Waals surface area (Å²) in [6.07, 6.45) is 5.73. The first-order valence-corrected chi connectivity index (χ1v) is 6.25. The summed E-state index contributed by atoms with van der Waals surface area (Å²) in [6, 6.07) is 0. The normalized spacial score (nSPS) is 10.9. The Bertz CT molecular complexity index is 450. The number of aryl methyl sites for hydroxylation is 1. The minimum Gasteiger partial charge on any atom is -0.388 e. The molecule has 2 heterocycles. The lowest BCUT2D eigenvalue weighted by molar-refractivity contribution is 0.266. The molecule has 4 nitrogen and oxygen atoms in total. The third-order valence-electron chi connectivity index (χ3n) is 2.34. The SMILES string of the molecule is CCCc1nc(Cn2ccnc2CO)cs1. The molecule has 86 valence electrons. The van der Waals surface area contributed by atoms with E-state index in [-0.39, 0.29) is 6.61 Å². The molecule has 0 aliphatic rings. The molecule has 5 heteroatoms. The van der Waals surface area contributed by atoms with Crippen molar-refractivity contribution in [2.45, 2.75) is 32.9 Å². The van der Waals surface area contributed by atoms with E-state index in [1.165, 1.54) is 5.01 Å². The minimum atomic E-state index is -0.0288. The number of thiazole rings is 1. The fourth-order valence-corrected chi connectivity index (χ4v) is 2.45. The summed E-state index contributed by atoms with van der Waals surface area (Å²) in [4.78, 5) is 8.60. The van der Waals surface area contributed by atoms with Gasteiger partial charge in [0.2, 0.25) is 0 Å². The predicted octanol–water partition coefficient (Wildman–Crippen LogP) is 1.83. The molecule has 2 rings (SSSR count). The first-order chi connectivity index (χ1) is 7.83. The van der Waals surface area contributed by atoms with Crippen molar-refractivity contribution >= 4 is 11.3 Å². The van der Waals surface area contributed by atoms with Crippen LogP contribution in [0.3, 0.4) is 0 Å². The number of aromatic nitrogens is 3. The Balaban J connectivity index is 2.08. The summed E-state index contributed by atoms with van der Waals surface area (Å²) in [5.41, 5.74) is 1.04. The zero-order valence-corrected chi connectivity index (χ0v) is 10.1. The van der Waals surface area contributed by atoms with Crippen LogP contribution in [0.25, 0.3) is 0 Å². The Hall–Kier alpha value is -1.20. The first kappa shape index (κ1) is 11.3. The molecule has 16 heavy (non-hydrogen) atoms. The molecule has 0 fully saturated rings. The van der Waals surface area contributed by atoms with Crippen molar-refractivity contribution in [3.63, 3.8) is 0 Å². The van der Waals surface area contributed by atoms with Gasteiger partial charge in [-0.1, -0.05) is 6.92 Å². The lowest BCUT2D eigenvalue weighted by Gasteiger charge is -2.02. The molecule has 0 aromatic carbocycles. The molecule has 0 saturated carbocycles. The van der Waals surface area contributed by atoms with Gasteiger partial charge in [0.15, 0.2) is 0 Å². The molecule has 0 saturated heterocycles. The molecular formula is C11H15N3OS. The Morgan fingerprint density at radius 1 is 1.50 bits per heavy atom. The van der Waals surface area contributed by atoms with E-state index in [2.05, 4.69) is 22.3 Å². The van der Waals surface area contributed by atoms with Crippen LogP contribution in [0.15, 0.2) is 17.8 Å². The highest BCUT2D eigenvalue weighted by atomic mass is 32.1. The number of imidazole rings is 1. The smallest absolute Gasteiger partial charge is 0.134 e. The lowest BCUT2D eigenvalue weighted by Crippen LogP contribution is -2.04. The molecule has 0 amide bonds. The topological polar surface area (TPSA) is 50.9 Å². The van der Waals surface area contributed by atoms with Crippen LogP contribution in [-0.2, 0) is 19.6 Å². The van der Waals surface area contributed by atoms with Gasteiger partial charge in [0.05, 0.1) is 17.2 Å². The van der Waals surface area contributed by atoms with E-state index >= 15 is 0 Å². The molecule has 2 aromatic heterocycles. The van der Waals surface area contributed by atoms with E-state index in [0.29, 0.717) is 12.4 Å². The fraction of sp³-hybridized carbons (Fsp3) is 0.455. The standard InChI is InChI=1S/C11H15N3OS/c1-2-3-11-13-9(8-16-11)6-14-5-4-12-10(14)7-15/h4-5,8,15H,2-3,6-7H2,1H3. The second-order valence-corrected chi connectivity index (χ2v) is 4.55. The molecule has 0 atom stereocenters. The highest BCUT2D eigenvalue weighted by Crippen LogP contribution is 2.13. The monoisotopic (exact) mass is 237 g/mol. The minimum absolute atomic E-state index is 0.0288. The van der Waals surface area contributed by atoms with Crippen molar-refractivity contribution in [3.05, 3.63) is 34.3 Å². The van der Waals surface area contributed by atoms with Gasteiger partial charge in [0.25, 0.3) is 0 Å². The molecule has 0 radical (unpaired) electrons. The van der Waals surface area contributed by atoms with Crippen LogP contribution in [0.4, 0.5) is 0 Å². The van der Waals surface area contributed by atoms with Crippen molar-refractivity contribution in [2.75, 3.05) is 0 Å². The van der Waals surface area contributed by atoms with Gasteiger partial charge < -0.3 is 9.67 Å². The number of aliphatic hydroxyl groups excluding tert-OH is 1. The van der Waals surface area contributed by atoms with Crippen LogP contribution >= 0.6 is 11.3 Å². The summed E-state index contributed by atoms with van der Waals surface area (Å²) in [7, 11) is 0. The zero-order valence-electron chi connectivity index (χ0n) is 9.26. The van der Waals surface area contributed by atoms with E-state index in [0.717, 1.165) is 18.5 Å². The predicted molar refractivity (Wildman–Crippen MR) is 63.4 cm³/mol. The maximum absolute atomic E-state index is 9.07. The van der Waals surface area contributed by atoms with Crippen molar-refractivity contribution in [2.24, 2.45) is 0 Å². The van der Waals surface area contributed by atoms with Crippen LogP contribution in [0.2, 0.25) is 0 Å². The summed E-state index contributed by atoms with van der Waals surface area (Å²) in [6.45, 7) is 2.82. The van der Waals surface area contributed by atoms with Gasteiger partial charge in [-0.05, 0) is 12.8 Å². The second kappa shape index (κ2) is 5.23. The fourth-order valence-electron chi connectivity index (χ4n) is 1.56. The van der Waals surface area contributed by atoms with Gasteiger partial charge >= 0.3 is 0 Å². The first-order valence-electron chi connectivity index (χ1n) is 5.37. The Morgan fingerprint density at radius 3 is 3.12 bits per heavy atom. The van der Waals surface area contributed by atoms with Crippen molar-refractivity contribution in [1.29, 1.82) is 0 Å². The summed E-state index contributed by atoms with van der Waals surface area (Å²) < 4.78 is 1.92. The van der Waals surface area contributed by atoms with Crippen LogP contribution in [0.1, 0.15) is 29.9 Å². The molecule has 2 aromatic rings. The third kappa shape index (κ3) is 2.48. The molecule has 0 aliphatic heterocycles. The summed E-state index contributed by atoms with van der Waals surface area (Å²) in [5, 5.41) is 12.3. The van der Waals surface area contributed by atoms with Crippen LogP contribution in [0.5, 0.6) is 0 Å². The summed E-state index contributed by atoms with van der Waals surface area (Å²) >= 11 is 1.70. The number of aliphatic hydroxyl groups is 1. The van der Waals surface area contributed by atoms with Gasteiger partial charge in [0, 0.05) is 17.8 Å². The lowest BCUT2D eigenvalue weighted by atomic mass is 10.3. The largest absolute Gasteiger partial charge is 0.388 e. The van der Waals surface area contributed by atoms with E-state index in [9.17, 15) is 0 Å². The van der Waals surface area contributed by atoms with Crippen molar-refractivity contribution in [3.8, 4) is 0 Å². The quantitative estimate of drug-likeness (QED) is 0.863. The van der Waals surface area contributed by atoms with E-state index in [4.69, 9.17) is 5.11 Å². The molecule has 0 spiro atoms. The van der Waals surface area contributed by atoms with E-state index in [1.807, 2.05) is 10.8 Å². The van der Waals surface area contributed by atoms with Crippen molar-refractivity contribution in [1.82, 2.24) is 14.5 Å². The highest BCUT2D eigenvalue weighted by Gasteiger charge is 2.05. The molecular weight excluding hydrogens is 222 g/mol. The van der Waals surface area contributed by atoms with Crippen LogP contribution in [-0.4, -0.2) is 19.6 Å². The third-order valence-corrected chi connectivity index (χ3v) is 3.30. The number of hydrogen-bond donors (Lipinski definition) is 1. The molecule has 0 unspecified atom stereocenters. The van der Waals surface area contributed by atoms with Gasteiger partial charge in [-0.25, -0.2) is 9.97 Å². The highest BCUT2D eigenvalue weighted by molar-refractivity contribution is 7.09. The van der Waals surface area contributed by atoms with E-state index < -0.39 is 0 Å². The molecule has 0 aliphatic carbocycles. The van der Waals surface area contributed by atoms with Gasteiger partial charge in [-0.15, -0.1) is 11.3 Å². The Labute approximate surface area is 98.6 Å². The summed E-state index contributed by atoms with van der Waals surface area (Å²) in [5.74, 6) is 0.685. The Kier molecular flexibility index (Phi) is 3.69. The van der Waals surface area contributed by atoms with Crippen molar-refractivity contribution < 1.29 is 5.11 Å². The molecule has 1 N–H and O–H groups in total. The number of nitrogens with zero attached hydrogens (tertiary/aromatic N) is 3. The average molecular weight is 237 g/mol. The number of hydrogen-bond acceptors (Lipinski definition) is 4. The molecule has 0 bridgehead atoms. The van der Waals surface area contributed by atoms with Crippen LogP contribution < -0.4 is 0 Å². The zero-order chi connectivity index (χ0) is 11.4. The second-order valence-electron chi connectivity index (χ2n) is 3.61. The van der Waals surface area contributed by atoms with Gasteiger partial charge in [0.1, 0.15) is 12.4 Å². The van der Waals surface area contributed by atoms with E-state index in [1.54, 1.807) is 17.5 Å². The average Bonchev–Trinajstić information content (AvgIpc) is 2.89.